The molecule has 0 saturated carbocycles. The molecule has 1 aromatic carbocycles. The minimum atomic E-state index is -0.897. The lowest BCUT2D eigenvalue weighted by Gasteiger charge is -2.40. The average molecular weight is 348 g/mol. The maximum absolute atomic E-state index is 12.4. The zero-order valence-electron chi connectivity index (χ0n) is 14.4. The van der Waals surface area contributed by atoms with E-state index in [1.807, 2.05) is 37.8 Å². The molecule has 0 spiro atoms. The standard InChI is InChI=1S/C18H24N2O3S/c1-18(2,3)23-17(21)19-8-7-14-13(11-19)12-5-4-6-15-16(12)20(14)9-10-24(15)22/h4-6,13-14H,7-11H2,1-3H3/t13-,14-,24?/m1/s1. The zero-order valence-corrected chi connectivity index (χ0v) is 15.3. The molecular weight excluding hydrogens is 324 g/mol. The minimum Gasteiger partial charge on any atom is -0.444 e. The Labute approximate surface area is 145 Å². The molecule has 130 valence electrons. The van der Waals surface area contributed by atoms with E-state index in [0.29, 0.717) is 18.3 Å². The van der Waals surface area contributed by atoms with Gasteiger partial charge in [0.25, 0.3) is 0 Å². The van der Waals surface area contributed by atoms with Crippen LogP contribution in [0.1, 0.15) is 38.7 Å². The smallest absolute Gasteiger partial charge is 0.410 e. The van der Waals surface area contributed by atoms with Crippen LogP contribution >= 0.6 is 0 Å². The van der Waals surface area contributed by atoms with Gasteiger partial charge in [0, 0.05) is 37.3 Å². The van der Waals surface area contributed by atoms with Crippen LogP contribution in [0.4, 0.5) is 10.5 Å². The highest BCUT2D eigenvalue weighted by atomic mass is 32.2. The van der Waals surface area contributed by atoms with Crippen LogP contribution in [0.3, 0.4) is 0 Å². The van der Waals surface area contributed by atoms with E-state index in [1.165, 1.54) is 11.3 Å². The second-order valence-electron chi connectivity index (χ2n) is 7.83. The predicted octanol–water partition coefficient (Wildman–Crippen LogP) is 2.72. The monoisotopic (exact) mass is 348 g/mol. The molecular formula is C18H24N2O3S. The van der Waals surface area contributed by atoms with Gasteiger partial charge in [-0.2, -0.15) is 0 Å². The maximum atomic E-state index is 12.4. The summed E-state index contributed by atoms with van der Waals surface area (Å²) in [5, 5.41) is 0. The summed E-state index contributed by atoms with van der Waals surface area (Å²) in [4.78, 5) is 17.7. The highest BCUT2D eigenvalue weighted by Gasteiger charge is 2.46. The number of hydrogen-bond acceptors (Lipinski definition) is 4. The summed E-state index contributed by atoms with van der Waals surface area (Å²) in [5.74, 6) is 0.992. The first kappa shape index (κ1) is 15.9. The number of rotatable bonds is 0. The number of piperidine rings is 1. The molecule has 3 aliphatic heterocycles. The highest BCUT2D eigenvalue weighted by molar-refractivity contribution is 7.85. The number of likely N-dealkylation sites (tertiary alicyclic amines) is 1. The number of amides is 1. The van der Waals surface area contributed by atoms with Crippen LogP contribution in [0.25, 0.3) is 0 Å². The summed E-state index contributed by atoms with van der Waals surface area (Å²) in [7, 11) is -0.897. The van der Waals surface area contributed by atoms with E-state index in [9.17, 15) is 9.00 Å². The molecule has 3 aliphatic rings. The molecule has 1 fully saturated rings. The number of carbonyl (C=O) groups excluding carboxylic acids is 1. The molecule has 0 bridgehead atoms. The van der Waals surface area contributed by atoms with Gasteiger partial charge in [0.15, 0.2) is 0 Å². The Kier molecular flexibility index (Phi) is 3.64. The normalized spacial score (nSPS) is 28.4. The van der Waals surface area contributed by atoms with Gasteiger partial charge in [-0.3, -0.25) is 4.21 Å². The third kappa shape index (κ3) is 2.51. The first-order valence-electron chi connectivity index (χ1n) is 8.61. The lowest BCUT2D eigenvalue weighted by Crippen LogP contribution is -2.50. The van der Waals surface area contributed by atoms with Crippen molar-refractivity contribution in [2.24, 2.45) is 0 Å². The Morgan fingerprint density at radius 3 is 2.83 bits per heavy atom. The van der Waals surface area contributed by atoms with E-state index in [-0.39, 0.29) is 12.0 Å². The molecule has 1 unspecified atom stereocenters. The number of carbonyl (C=O) groups is 1. The van der Waals surface area contributed by atoms with E-state index in [0.717, 1.165) is 24.4 Å². The summed E-state index contributed by atoms with van der Waals surface area (Å²) in [6.07, 6.45) is 0.709. The molecule has 0 aromatic heterocycles. The second-order valence-corrected chi connectivity index (χ2v) is 9.37. The van der Waals surface area contributed by atoms with Gasteiger partial charge in [-0.1, -0.05) is 12.1 Å². The first-order valence-corrected chi connectivity index (χ1v) is 9.93. The van der Waals surface area contributed by atoms with E-state index >= 15 is 0 Å². The van der Waals surface area contributed by atoms with Gasteiger partial charge in [0.1, 0.15) is 5.60 Å². The third-order valence-electron chi connectivity index (χ3n) is 5.11. The van der Waals surface area contributed by atoms with Crippen molar-refractivity contribution in [3.05, 3.63) is 23.8 Å². The van der Waals surface area contributed by atoms with Crippen LogP contribution in [0.15, 0.2) is 23.1 Å². The van der Waals surface area contributed by atoms with Crippen molar-refractivity contribution < 1.29 is 13.7 Å². The van der Waals surface area contributed by atoms with Crippen molar-refractivity contribution in [1.82, 2.24) is 4.90 Å². The van der Waals surface area contributed by atoms with Crippen molar-refractivity contribution in [2.45, 2.75) is 49.6 Å². The van der Waals surface area contributed by atoms with Gasteiger partial charge in [-0.05, 0) is 38.8 Å². The number of para-hydroxylation sites is 1. The first-order chi connectivity index (χ1) is 11.3. The number of nitrogens with zero attached hydrogens (tertiary/aromatic N) is 2. The summed E-state index contributed by atoms with van der Waals surface area (Å²) in [6.45, 7) is 7.94. The van der Waals surface area contributed by atoms with Crippen LogP contribution in [0.5, 0.6) is 0 Å². The minimum absolute atomic E-state index is 0.226. The molecule has 6 heteroatoms. The number of fused-ring (bicyclic) bond motifs is 3. The van der Waals surface area contributed by atoms with Crippen molar-refractivity contribution in [3.8, 4) is 0 Å². The van der Waals surface area contributed by atoms with E-state index in [1.54, 1.807) is 0 Å². The molecule has 4 rings (SSSR count). The van der Waals surface area contributed by atoms with Gasteiger partial charge in [0.2, 0.25) is 0 Å². The van der Waals surface area contributed by atoms with Crippen LogP contribution in [0.2, 0.25) is 0 Å². The Morgan fingerprint density at radius 1 is 1.29 bits per heavy atom. The molecule has 0 radical (unpaired) electrons. The Morgan fingerprint density at radius 2 is 2.08 bits per heavy atom. The Hall–Kier alpha value is -1.56. The van der Waals surface area contributed by atoms with E-state index < -0.39 is 16.4 Å². The number of anilines is 1. The van der Waals surface area contributed by atoms with Gasteiger partial charge in [-0.25, -0.2) is 4.79 Å². The van der Waals surface area contributed by atoms with Crippen molar-refractivity contribution in [3.63, 3.8) is 0 Å². The molecule has 24 heavy (non-hydrogen) atoms. The largest absolute Gasteiger partial charge is 0.444 e. The molecule has 1 saturated heterocycles. The molecule has 0 aliphatic carbocycles. The average Bonchev–Trinajstić information content (AvgIpc) is 2.84. The van der Waals surface area contributed by atoms with Crippen LogP contribution in [-0.4, -0.2) is 52.2 Å². The van der Waals surface area contributed by atoms with Gasteiger partial charge in [0.05, 0.1) is 21.4 Å². The lowest BCUT2D eigenvalue weighted by atomic mass is 9.89. The van der Waals surface area contributed by atoms with Crippen LogP contribution in [-0.2, 0) is 15.5 Å². The number of hydrogen-bond donors (Lipinski definition) is 0. The quantitative estimate of drug-likeness (QED) is 0.723. The summed E-state index contributed by atoms with van der Waals surface area (Å²) in [6, 6.07) is 6.55. The summed E-state index contributed by atoms with van der Waals surface area (Å²) >= 11 is 0. The molecule has 0 N–H and O–H groups in total. The molecule has 5 nitrogen and oxygen atoms in total. The van der Waals surface area contributed by atoms with Crippen molar-refractivity contribution >= 4 is 22.6 Å². The summed E-state index contributed by atoms with van der Waals surface area (Å²) < 4.78 is 17.9. The fourth-order valence-electron chi connectivity index (χ4n) is 4.17. The SMILES string of the molecule is CC(C)(C)OC(=O)N1CC[C@@H]2[C@H](C1)c1cccc3c1N2CCS3=O. The third-order valence-corrected chi connectivity index (χ3v) is 6.48. The van der Waals surface area contributed by atoms with Crippen LogP contribution in [0, 0.1) is 0 Å². The number of ether oxygens (including phenoxy) is 1. The zero-order chi connectivity index (χ0) is 17.1. The predicted molar refractivity (Wildman–Crippen MR) is 94.0 cm³/mol. The second kappa shape index (κ2) is 5.48. The van der Waals surface area contributed by atoms with Crippen molar-refractivity contribution in [2.75, 3.05) is 30.3 Å². The van der Waals surface area contributed by atoms with Gasteiger partial charge >= 0.3 is 6.09 Å². The fraction of sp³-hybridized carbons (Fsp3) is 0.611. The highest BCUT2D eigenvalue weighted by Crippen LogP contribution is 2.48. The van der Waals surface area contributed by atoms with E-state index in [2.05, 4.69) is 11.0 Å². The van der Waals surface area contributed by atoms with Gasteiger partial charge < -0.3 is 14.5 Å². The molecule has 3 heterocycles. The Bertz CT molecular complexity index is 713. The van der Waals surface area contributed by atoms with Crippen molar-refractivity contribution in [1.29, 1.82) is 0 Å². The fourth-order valence-corrected chi connectivity index (χ4v) is 5.44. The molecule has 3 atom stereocenters. The topological polar surface area (TPSA) is 49.9 Å². The molecule has 1 amide bonds. The van der Waals surface area contributed by atoms with E-state index in [4.69, 9.17) is 4.74 Å². The summed E-state index contributed by atoms with van der Waals surface area (Å²) in [5.41, 5.74) is 1.95. The number of benzene rings is 1. The van der Waals surface area contributed by atoms with Gasteiger partial charge in [-0.15, -0.1) is 0 Å². The Balaban J connectivity index is 1.62. The lowest BCUT2D eigenvalue weighted by molar-refractivity contribution is 0.0189. The molecule has 1 aromatic rings. The maximum Gasteiger partial charge on any atom is 0.410 e. The van der Waals surface area contributed by atoms with Crippen LogP contribution < -0.4 is 4.90 Å².